The highest BCUT2D eigenvalue weighted by Crippen LogP contribution is 1.88. The molecule has 0 bridgehead atoms. The highest BCUT2D eigenvalue weighted by Gasteiger charge is 2.13. The average Bonchev–Trinajstić information content (AvgIpc) is 2.41. The van der Waals surface area contributed by atoms with E-state index in [-0.39, 0.29) is 0 Å². The molecule has 4 N–H and O–H groups in total. The second kappa shape index (κ2) is 4.69. The van der Waals surface area contributed by atoms with Crippen molar-refractivity contribution >= 4 is 0 Å². The van der Waals surface area contributed by atoms with Crippen molar-refractivity contribution in [3.8, 4) is 0 Å². The van der Waals surface area contributed by atoms with Crippen LogP contribution < -0.4 is 10.6 Å². The van der Waals surface area contributed by atoms with E-state index >= 15 is 0 Å². The molecule has 10 heavy (non-hydrogen) atoms. The van der Waals surface area contributed by atoms with Gasteiger partial charge in [-0.3, -0.25) is 0 Å². The Bertz CT molecular complexity index is 77.3. The molecule has 0 spiro atoms. The summed E-state index contributed by atoms with van der Waals surface area (Å²) in [6.45, 7) is 5.37. The predicted molar refractivity (Wildman–Crippen MR) is 41.8 cm³/mol. The van der Waals surface area contributed by atoms with Crippen molar-refractivity contribution in [3.63, 3.8) is 0 Å². The molecule has 0 aliphatic carbocycles. The van der Waals surface area contributed by atoms with Gasteiger partial charge < -0.3 is 10.6 Å². The van der Waals surface area contributed by atoms with E-state index < -0.39 is 0 Å². The number of likely N-dealkylation sites (tertiary alicyclic amines) is 1. The zero-order chi connectivity index (χ0) is 7.23. The number of hydrogen-bond donors (Lipinski definition) is 2. The second-order valence-electron chi connectivity index (χ2n) is 3.27. The molecule has 0 amide bonds. The predicted octanol–water partition coefficient (Wildman–Crippen LogP) is -1.31. The van der Waals surface area contributed by atoms with E-state index in [9.17, 15) is 0 Å². The van der Waals surface area contributed by atoms with Crippen molar-refractivity contribution in [2.75, 3.05) is 26.2 Å². The molecule has 1 rings (SSSR count). The van der Waals surface area contributed by atoms with E-state index in [0.717, 1.165) is 6.54 Å². The van der Waals surface area contributed by atoms with Crippen molar-refractivity contribution < 1.29 is 10.6 Å². The molecule has 1 saturated heterocycles. The van der Waals surface area contributed by atoms with Crippen LogP contribution >= 0.6 is 0 Å². The molecule has 0 aromatic carbocycles. The minimum Gasteiger partial charge on any atom is -0.358 e. The lowest BCUT2D eigenvalue weighted by Crippen LogP contribution is -3.10. The molecular weight excluding hydrogens is 124 g/mol. The fourth-order valence-corrected chi connectivity index (χ4v) is 1.68. The van der Waals surface area contributed by atoms with Crippen LogP contribution in [0.4, 0.5) is 0 Å². The van der Waals surface area contributed by atoms with Crippen LogP contribution in [0.1, 0.15) is 25.7 Å². The van der Waals surface area contributed by atoms with Crippen molar-refractivity contribution in [2.24, 2.45) is 0 Å². The number of nitrogens with one attached hydrogen (secondary N) is 1. The van der Waals surface area contributed by atoms with Crippen molar-refractivity contribution in [1.82, 2.24) is 0 Å². The lowest BCUT2D eigenvalue weighted by atomic mass is 10.3. The van der Waals surface area contributed by atoms with Gasteiger partial charge in [-0.25, -0.2) is 0 Å². The van der Waals surface area contributed by atoms with Crippen LogP contribution in [0.5, 0.6) is 0 Å². The molecule has 60 valence electrons. The average molecular weight is 144 g/mol. The van der Waals surface area contributed by atoms with E-state index in [1.807, 2.05) is 4.90 Å². The maximum Gasteiger partial charge on any atom is 0.0773 e. The molecule has 2 nitrogen and oxygen atoms in total. The summed E-state index contributed by atoms with van der Waals surface area (Å²) in [6, 6.07) is 0. The Balaban J connectivity index is 1.91. The first-order chi connectivity index (χ1) is 4.93. The monoisotopic (exact) mass is 144 g/mol. The largest absolute Gasteiger partial charge is 0.358 e. The third kappa shape index (κ3) is 2.67. The Kier molecular flexibility index (Phi) is 3.76. The van der Waals surface area contributed by atoms with Crippen molar-refractivity contribution in [3.05, 3.63) is 0 Å². The molecule has 1 fully saturated rings. The van der Waals surface area contributed by atoms with Crippen molar-refractivity contribution in [2.45, 2.75) is 25.7 Å². The maximum atomic E-state index is 3.84. The van der Waals surface area contributed by atoms with Gasteiger partial charge in [-0.2, -0.15) is 0 Å². The minimum atomic E-state index is 1.12. The van der Waals surface area contributed by atoms with Crippen LogP contribution in [0.2, 0.25) is 0 Å². The summed E-state index contributed by atoms with van der Waals surface area (Å²) < 4.78 is 0. The molecule has 1 heterocycles. The van der Waals surface area contributed by atoms with E-state index in [4.69, 9.17) is 0 Å². The van der Waals surface area contributed by atoms with Gasteiger partial charge in [-0.1, -0.05) is 0 Å². The molecule has 0 aromatic rings. The normalized spacial score (nSPS) is 20.1. The van der Waals surface area contributed by atoms with Gasteiger partial charge in [0.1, 0.15) is 0 Å². The summed E-state index contributed by atoms with van der Waals surface area (Å²) >= 11 is 0. The summed E-state index contributed by atoms with van der Waals surface area (Å²) in [5.41, 5.74) is 3.84. The smallest absolute Gasteiger partial charge is 0.0773 e. The quantitative estimate of drug-likeness (QED) is 0.459. The molecular formula is C8H20N2+2. The summed E-state index contributed by atoms with van der Waals surface area (Å²) in [5.74, 6) is 0. The topological polar surface area (TPSA) is 32.1 Å². The maximum absolute atomic E-state index is 3.84. The third-order valence-corrected chi connectivity index (χ3v) is 2.34. The minimum absolute atomic E-state index is 1.12. The molecule has 1 aliphatic rings. The Labute approximate surface area is 63.4 Å². The van der Waals surface area contributed by atoms with E-state index in [2.05, 4.69) is 5.73 Å². The van der Waals surface area contributed by atoms with Gasteiger partial charge in [0.2, 0.25) is 0 Å². The second-order valence-corrected chi connectivity index (χ2v) is 3.27. The van der Waals surface area contributed by atoms with Gasteiger partial charge in [0, 0.05) is 25.7 Å². The van der Waals surface area contributed by atoms with Crippen LogP contribution in [-0.4, -0.2) is 26.2 Å². The Morgan fingerprint density at radius 2 is 1.80 bits per heavy atom. The summed E-state index contributed by atoms with van der Waals surface area (Å²) in [7, 11) is 0. The van der Waals surface area contributed by atoms with Crippen LogP contribution in [0.25, 0.3) is 0 Å². The molecule has 0 radical (unpaired) electrons. The molecule has 0 unspecified atom stereocenters. The highest BCUT2D eigenvalue weighted by atomic mass is 15.1. The summed E-state index contributed by atoms with van der Waals surface area (Å²) in [4.78, 5) is 1.83. The highest BCUT2D eigenvalue weighted by molar-refractivity contribution is 4.45. The molecule has 2 heteroatoms. The summed E-state index contributed by atoms with van der Waals surface area (Å²) in [6.07, 6.45) is 5.63. The third-order valence-electron chi connectivity index (χ3n) is 2.34. The van der Waals surface area contributed by atoms with E-state index in [1.165, 1.54) is 45.3 Å². The fraction of sp³-hybridized carbons (Fsp3) is 1.00. The SMILES string of the molecule is [NH3+]CCCC[NH+]1CCCC1. The molecule has 0 aromatic heterocycles. The Hall–Kier alpha value is -0.0800. The first kappa shape index (κ1) is 8.02. The zero-order valence-corrected chi connectivity index (χ0v) is 6.86. The number of hydrogen-bond acceptors (Lipinski definition) is 0. The first-order valence-electron chi connectivity index (χ1n) is 4.56. The van der Waals surface area contributed by atoms with E-state index in [1.54, 1.807) is 0 Å². The number of unbranched alkanes of at least 4 members (excludes halogenated alkanes) is 1. The fourth-order valence-electron chi connectivity index (χ4n) is 1.68. The van der Waals surface area contributed by atoms with Crippen LogP contribution in [0, 0.1) is 0 Å². The van der Waals surface area contributed by atoms with Gasteiger partial charge in [-0.15, -0.1) is 0 Å². The van der Waals surface area contributed by atoms with Crippen LogP contribution in [0.15, 0.2) is 0 Å². The van der Waals surface area contributed by atoms with Crippen molar-refractivity contribution in [1.29, 1.82) is 0 Å². The van der Waals surface area contributed by atoms with Crippen LogP contribution in [0.3, 0.4) is 0 Å². The first-order valence-corrected chi connectivity index (χ1v) is 4.56. The van der Waals surface area contributed by atoms with Gasteiger partial charge >= 0.3 is 0 Å². The molecule has 0 saturated carbocycles. The number of rotatable bonds is 4. The van der Waals surface area contributed by atoms with Crippen LogP contribution in [-0.2, 0) is 0 Å². The van der Waals surface area contributed by atoms with E-state index in [0.29, 0.717) is 0 Å². The summed E-state index contributed by atoms with van der Waals surface area (Å²) in [5, 5.41) is 0. The number of quaternary nitrogens is 2. The lowest BCUT2D eigenvalue weighted by Gasteiger charge is -2.10. The molecule has 0 atom stereocenters. The van der Waals surface area contributed by atoms with Gasteiger partial charge in [0.15, 0.2) is 0 Å². The van der Waals surface area contributed by atoms with Gasteiger partial charge in [0.05, 0.1) is 26.2 Å². The molecule has 1 aliphatic heterocycles. The Morgan fingerprint density at radius 1 is 1.10 bits per heavy atom. The standard InChI is InChI=1S/C8H18N2/c9-5-1-2-6-10-7-3-4-8-10/h1-9H2/p+2. The zero-order valence-electron chi connectivity index (χ0n) is 6.86. The van der Waals surface area contributed by atoms with Gasteiger partial charge in [-0.05, 0) is 0 Å². The van der Waals surface area contributed by atoms with Gasteiger partial charge in [0.25, 0.3) is 0 Å². The Morgan fingerprint density at radius 3 is 2.40 bits per heavy atom. The lowest BCUT2D eigenvalue weighted by molar-refractivity contribution is -0.887.